The molecule has 1 aromatic carbocycles. The summed E-state index contributed by atoms with van der Waals surface area (Å²) in [5.41, 5.74) is 0. The molecule has 0 radical (unpaired) electrons. The molecule has 0 fully saturated rings. The van der Waals surface area contributed by atoms with Crippen LogP contribution in [0.3, 0.4) is 0 Å². The zero-order valence-electron chi connectivity index (χ0n) is 14.5. The molecule has 1 rings (SSSR count). The third-order valence-corrected chi connectivity index (χ3v) is 5.36. The monoisotopic (exact) mass is 413 g/mol. The maximum atomic E-state index is 12.4. The molecule has 0 spiro atoms. The first-order chi connectivity index (χ1) is 12.2. The fourth-order valence-corrected chi connectivity index (χ4v) is 3.26. The number of nitrogens with zero attached hydrogens (tertiary/aromatic N) is 1. The van der Waals surface area contributed by atoms with E-state index in [1.165, 1.54) is 19.2 Å². The van der Waals surface area contributed by atoms with Gasteiger partial charge in [-0.2, -0.15) is 12.7 Å². The highest BCUT2D eigenvalue weighted by Crippen LogP contribution is 2.19. The van der Waals surface area contributed by atoms with E-state index >= 15 is 0 Å². The van der Waals surface area contributed by atoms with Crippen LogP contribution in [0.2, 0.25) is 0 Å². The van der Waals surface area contributed by atoms with E-state index in [1.54, 1.807) is 7.11 Å². The van der Waals surface area contributed by atoms with Crippen LogP contribution in [0, 0.1) is 0 Å². The van der Waals surface area contributed by atoms with Gasteiger partial charge < -0.3 is 18.4 Å². The maximum absolute atomic E-state index is 12.4. The van der Waals surface area contributed by atoms with Crippen molar-refractivity contribution in [2.75, 3.05) is 53.7 Å². The van der Waals surface area contributed by atoms with Gasteiger partial charge in [-0.25, -0.2) is 8.42 Å². The Morgan fingerprint density at radius 3 is 2.00 bits per heavy atom. The first kappa shape index (κ1) is 22.8. The number of sulfonamides is 1. The molecule has 0 aliphatic heterocycles. The van der Waals surface area contributed by atoms with Crippen molar-refractivity contribution in [3.63, 3.8) is 0 Å². The van der Waals surface area contributed by atoms with Gasteiger partial charge >= 0.3 is 10.4 Å². The number of methoxy groups -OCH3 is 1. The van der Waals surface area contributed by atoms with E-state index in [9.17, 15) is 16.8 Å². The Morgan fingerprint density at radius 2 is 1.46 bits per heavy atom. The Balaban J connectivity index is 2.46. The summed E-state index contributed by atoms with van der Waals surface area (Å²) in [7, 11) is -5.45. The topological polar surface area (TPSA) is 129 Å². The number of rotatable bonds is 13. The van der Waals surface area contributed by atoms with Gasteiger partial charge in [-0.1, -0.05) is 0 Å². The zero-order chi connectivity index (χ0) is 19.6. The standard InChI is InChI=1S/C14H23NO9S2/c1-15(7-8-22-11-12-23-10-9-21-2)25(16,17)14-5-3-13(4-6-14)24-26(18,19)20/h3-6H,7-12H2,1-2H3,(H,18,19,20). The van der Waals surface area contributed by atoms with Gasteiger partial charge in [0.2, 0.25) is 10.0 Å². The van der Waals surface area contributed by atoms with E-state index in [0.29, 0.717) is 26.4 Å². The quantitative estimate of drug-likeness (QED) is 0.355. The summed E-state index contributed by atoms with van der Waals surface area (Å²) in [5.74, 6) is -0.203. The van der Waals surface area contributed by atoms with Gasteiger partial charge in [0, 0.05) is 20.7 Å². The Bertz CT molecular complexity index is 732. The van der Waals surface area contributed by atoms with Crippen LogP contribution < -0.4 is 4.18 Å². The highest BCUT2D eigenvalue weighted by molar-refractivity contribution is 7.89. The maximum Gasteiger partial charge on any atom is 0.446 e. The van der Waals surface area contributed by atoms with Crippen molar-refractivity contribution >= 4 is 20.4 Å². The van der Waals surface area contributed by atoms with Gasteiger partial charge in [-0.15, -0.1) is 0 Å². The van der Waals surface area contributed by atoms with E-state index in [0.717, 1.165) is 16.4 Å². The summed E-state index contributed by atoms with van der Waals surface area (Å²) in [6.07, 6.45) is 0. The second-order valence-electron chi connectivity index (χ2n) is 5.03. The minimum absolute atomic E-state index is 0.0504. The second-order valence-corrected chi connectivity index (χ2v) is 8.09. The van der Waals surface area contributed by atoms with Crippen LogP contribution in [-0.2, 0) is 34.6 Å². The molecular formula is C14H23NO9S2. The molecule has 1 N–H and O–H groups in total. The highest BCUT2D eigenvalue weighted by atomic mass is 32.3. The smallest absolute Gasteiger partial charge is 0.382 e. The molecule has 0 saturated heterocycles. The average Bonchev–Trinajstić information content (AvgIpc) is 2.56. The predicted molar refractivity (Wildman–Crippen MR) is 91.9 cm³/mol. The summed E-state index contributed by atoms with van der Waals surface area (Å²) >= 11 is 0. The molecule has 1 aromatic rings. The lowest BCUT2D eigenvalue weighted by Gasteiger charge is -2.17. The molecular weight excluding hydrogens is 390 g/mol. The molecule has 150 valence electrons. The van der Waals surface area contributed by atoms with Crippen LogP contribution in [0.4, 0.5) is 0 Å². The molecule has 0 atom stereocenters. The van der Waals surface area contributed by atoms with Crippen LogP contribution in [-0.4, -0.2) is 79.4 Å². The van der Waals surface area contributed by atoms with Crippen molar-refractivity contribution in [1.82, 2.24) is 4.31 Å². The normalized spacial score (nSPS) is 12.5. The first-order valence-electron chi connectivity index (χ1n) is 7.54. The lowest BCUT2D eigenvalue weighted by Crippen LogP contribution is -2.30. The van der Waals surface area contributed by atoms with Gasteiger partial charge in [0.1, 0.15) is 5.75 Å². The molecule has 0 amide bonds. The predicted octanol–water partition coefficient (Wildman–Crippen LogP) is 0.168. The van der Waals surface area contributed by atoms with Gasteiger partial charge in [-0.05, 0) is 24.3 Å². The van der Waals surface area contributed by atoms with E-state index < -0.39 is 20.4 Å². The van der Waals surface area contributed by atoms with E-state index in [4.69, 9.17) is 18.8 Å². The summed E-state index contributed by atoms with van der Waals surface area (Å²) in [6, 6.07) is 4.61. The van der Waals surface area contributed by atoms with Crippen LogP contribution in [0.25, 0.3) is 0 Å². The highest BCUT2D eigenvalue weighted by Gasteiger charge is 2.20. The molecule has 26 heavy (non-hydrogen) atoms. The summed E-state index contributed by atoms with van der Waals surface area (Å²) in [5, 5.41) is 0. The zero-order valence-corrected chi connectivity index (χ0v) is 16.2. The van der Waals surface area contributed by atoms with Crippen molar-refractivity contribution in [3.8, 4) is 5.75 Å². The van der Waals surface area contributed by atoms with Crippen LogP contribution in [0.15, 0.2) is 29.2 Å². The van der Waals surface area contributed by atoms with Crippen LogP contribution in [0.5, 0.6) is 5.75 Å². The largest absolute Gasteiger partial charge is 0.446 e. The van der Waals surface area contributed by atoms with E-state index in [2.05, 4.69) is 4.18 Å². The summed E-state index contributed by atoms with van der Waals surface area (Å²) in [6.45, 7) is 1.99. The SMILES string of the molecule is COCCOCCOCCN(C)S(=O)(=O)c1ccc(OS(=O)(=O)O)cc1. The van der Waals surface area contributed by atoms with Gasteiger partial charge in [0.25, 0.3) is 0 Å². The number of ether oxygens (including phenoxy) is 3. The minimum Gasteiger partial charge on any atom is -0.382 e. The van der Waals surface area contributed by atoms with Gasteiger partial charge in [0.05, 0.1) is 37.9 Å². The van der Waals surface area contributed by atoms with Crippen molar-refractivity contribution in [3.05, 3.63) is 24.3 Å². The third-order valence-electron chi connectivity index (χ3n) is 3.09. The molecule has 10 nitrogen and oxygen atoms in total. The minimum atomic E-state index is -4.66. The Morgan fingerprint density at radius 1 is 0.923 bits per heavy atom. The summed E-state index contributed by atoms with van der Waals surface area (Å²) in [4.78, 5) is -0.0504. The van der Waals surface area contributed by atoms with Crippen molar-refractivity contribution < 1.29 is 39.8 Å². The third kappa shape index (κ3) is 8.40. The summed E-state index contributed by atoms with van der Waals surface area (Å²) < 4.78 is 75.3. The first-order valence-corrected chi connectivity index (χ1v) is 10.3. The van der Waals surface area contributed by atoms with Gasteiger partial charge in [-0.3, -0.25) is 4.55 Å². The Hall–Kier alpha value is -1.28. The van der Waals surface area contributed by atoms with Crippen molar-refractivity contribution in [1.29, 1.82) is 0 Å². The molecule has 0 aromatic heterocycles. The lowest BCUT2D eigenvalue weighted by molar-refractivity contribution is 0.0236. The fourth-order valence-electron chi connectivity index (χ4n) is 1.75. The number of hydrogen-bond acceptors (Lipinski definition) is 8. The molecule has 12 heteroatoms. The van der Waals surface area contributed by atoms with E-state index in [-0.39, 0.29) is 23.8 Å². The number of benzene rings is 1. The second kappa shape index (κ2) is 10.8. The molecule has 0 heterocycles. The van der Waals surface area contributed by atoms with E-state index in [1.807, 2.05) is 0 Å². The number of hydrogen-bond donors (Lipinski definition) is 1. The molecule has 0 unspecified atom stereocenters. The van der Waals surface area contributed by atoms with Crippen molar-refractivity contribution in [2.45, 2.75) is 4.90 Å². The lowest BCUT2D eigenvalue weighted by atomic mass is 10.3. The molecule has 0 bridgehead atoms. The number of likely N-dealkylation sites (N-methyl/N-ethyl adjacent to an activating group) is 1. The Labute approximate surface area is 153 Å². The molecule has 0 aliphatic rings. The van der Waals surface area contributed by atoms with Gasteiger partial charge in [0.15, 0.2) is 0 Å². The van der Waals surface area contributed by atoms with Crippen molar-refractivity contribution in [2.24, 2.45) is 0 Å². The van der Waals surface area contributed by atoms with Crippen LogP contribution >= 0.6 is 0 Å². The fraction of sp³-hybridized carbons (Fsp3) is 0.571. The molecule has 0 aliphatic carbocycles. The van der Waals surface area contributed by atoms with Crippen LogP contribution in [0.1, 0.15) is 0 Å². The Kier molecular flexibility index (Phi) is 9.43. The average molecular weight is 413 g/mol. The molecule has 0 saturated carbocycles.